The Morgan fingerprint density at radius 2 is 2.05 bits per heavy atom. The van der Waals surface area contributed by atoms with Crippen molar-refractivity contribution in [3.8, 4) is 0 Å². The molecular formula is C11H14FNO5S. The van der Waals surface area contributed by atoms with Crippen LogP contribution in [0.4, 0.5) is 4.39 Å². The molecule has 1 aliphatic rings. The lowest BCUT2D eigenvalue weighted by Crippen LogP contribution is -2.34. The van der Waals surface area contributed by atoms with Crippen LogP contribution in [0.3, 0.4) is 0 Å². The first kappa shape index (κ1) is 14.4. The molecule has 0 aromatic heterocycles. The minimum atomic E-state index is -4.32. The first-order valence-corrected chi connectivity index (χ1v) is 7.08. The van der Waals surface area contributed by atoms with Crippen LogP contribution in [-0.4, -0.2) is 31.9 Å². The fourth-order valence-electron chi connectivity index (χ4n) is 1.97. The van der Waals surface area contributed by atoms with Gasteiger partial charge in [0.15, 0.2) is 6.29 Å². The smallest absolute Gasteiger partial charge is 0.333 e. The topological polar surface area (TPSA) is 84.9 Å². The number of rotatable bonds is 4. The van der Waals surface area contributed by atoms with E-state index in [2.05, 4.69) is 0 Å². The predicted molar refractivity (Wildman–Crippen MR) is 64.1 cm³/mol. The number of hydrogen-bond acceptors (Lipinski definition) is 4. The van der Waals surface area contributed by atoms with Crippen LogP contribution in [0.25, 0.3) is 0 Å². The van der Waals surface area contributed by atoms with Crippen molar-refractivity contribution >= 4 is 10.3 Å². The molecule has 106 valence electrons. The van der Waals surface area contributed by atoms with Gasteiger partial charge in [-0.3, -0.25) is 4.55 Å². The molecule has 3 atom stereocenters. The zero-order chi connectivity index (χ0) is 14.0. The van der Waals surface area contributed by atoms with Crippen LogP contribution in [0.1, 0.15) is 18.6 Å². The van der Waals surface area contributed by atoms with E-state index >= 15 is 0 Å². The molecule has 0 radical (unpaired) electrons. The van der Waals surface area contributed by atoms with Crippen LogP contribution >= 0.6 is 0 Å². The van der Waals surface area contributed by atoms with Crippen molar-refractivity contribution in [2.45, 2.75) is 25.4 Å². The maximum absolute atomic E-state index is 13.7. The molecule has 1 aromatic carbocycles. The van der Waals surface area contributed by atoms with Gasteiger partial charge in [0, 0.05) is 12.1 Å². The maximum Gasteiger partial charge on any atom is 0.333 e. The summed E-state index contributed by atoms with van der Waals surface area (Å²) in [4.78, 5) is 0. The molecule has 19 heavy (non-hydrogen) atoms. The van der Waals surface area contributed by atoms with Gasteiger partial charge in [0.1, 0.15) is 18.0 Å². The minimum Gasteiger partial charge on any atom is -0.345 e. The van der Waals surface area contributed by atoms with Crippen LogP contribution in [-0.2, 0) is 19.8 Å². The van der Waals surface area contributed by atoms with Crippen molar-refractivity contribution in [1.29, 1.82) is 0 Å². The summed E-state index contributed by atoms with van der Waals surface area (Å²) in [5.74, 6) is -0.456. The number of hydrogen-bond donors (Lipinski definition) is 2. The Balaban J connectivity index is 2.16. The molecule has 0 saturated carbocycles. The minimum absolute atomic E-state index is 0.206. The Morgan fingerprint density at radius 1 is 1.37 bits per heavy atom. The molecule has 1 saturated heterocycles. The zero-order valence-electron chi connectivity index (χ0n) is 10.1. The van der Waals surface area contributed by atoms with Gasteiger partial charge in [-0.25, -0.2) is 4.39 Å². The molecule has 0 spiro atoms. The van der Waals surface area contributed by atoms with Crippen molar-refractivity contribution in [3.05, 3.63) is 35.6 Å². The molecule has 0 aliphatic carbocycles. The van der Waals surface area contributed by atoms with Crippen LogP contribution in [0.5, 0.6) is 0 Å². The van der Waals surface area contributed by atoms with Crippen LogP contribution in [0.2, 0.25) is 0 Å². The van der Waals surface area contributed by atoms with Crippen molar-refractivity contribution in [1.82, 2.24) is 4.72 Å². The highest BCUT2D eigenvalue weighted by atomic mass is 32.2. The summed E-state index contributed by atoms with van der Waals surface area (Å²) in [6.07, 6.45) is -2.03. The number of halogens is 1. The third-order valence-electron chi connectivity index (χ3n) is 2.72. The normalized spacial score (nSPS) is 27.6. The molecule has 1 fully saturated rings. The Bertz CT molecular complexity index is 550. The SMILES string of the molecule is CC1O[C@H](c2ccccc2F)[C@@H](CNS(=O)(=O)O)O1. The van der Waals surface area contributed by atoms with E-state index in [0.29, 0.717) is 0 Å². The third kappa shape index (κ3) is 3.71. The molecule has 1 aliphatic heterocycles. The highest BCUT2D eigenvalue weighted by Crippen LogP contribution is 2.33. The molecule has 8 heteroatoms. The van der Waals surface area contributed by atoms with E-state index in [4.69, 9.17) is 14.0 Å². The number of benzene rings is 1. The second-order valence-electron chi connectivity index (χ2n) is 4.14. The lowest BCUT2D eigenvalue weighted by molar-refractivity contribution is -0.0508. The molecular weight excluding hydrogens is 277 g/mol. The Hall–Kier alpha value is -1.06. The van der Waals surface area contributed by atoms with Gasteiger partial charge in [-0.1, -0.05) is 18.2 Å². The quantitative estimate of drug-likeness (QED) is 0.809. The van der Waals surface area contributed by atoms with E-state index in [9.17, 15) is 12.8 Å². The number of ether oxygens (including phenoxy) is 2. The van der Waals surface area contributed by atoms with Crippen molar-refractivity contribution in [2.24, 2.45) is 0 Å². The first-order valence-electron chi connectivity index (χ1n) is 5.64. The molecule has 1 heterocycles. The van der Waals surface area contributed by atoms with Gasteiger partial charge >= 0.3 is 10.3 Å². The molecule has 0 bridgehead atoms. The molecule has 6 nitrogen and oxygen atoms in total. The summed E-state index contributed by atoms with van der Waals surface area (Å²) >= 11 is 0. The molecule has 1 aromatic rings. The zero-order valence-corrected chi connectivity index (χ0v) is 10.9. The van der Waals surface area contributed by atoms with E-state index in [1.165, 1.54) is 6.07 Å². The summed E-state index contributed by atoms with van der Waals surface area (Å²) in [6.45, 7) is 1.42. The largest absolute Gasteiger partial charge is 0.345 e. The van der Waals surface area contributed by atoms with E-state index in [-0.39, 0.29) is 12.1 Å². The maximum atomic E-state index is 13.7. The van der Waals surface area contributed by atoms with Crippen molar-refractivity contribution in [2.75, 3.05) is 6.54 Å². The van der Waals surface area contributed by atoms with Gasteiger partial charge in [0.05, 0.1) is 0 Å². The molecule has 0 amide bonds. The summed E-state index contributed by atoms with van der Waals surface area (Å²) in [5, 5.41) is 0. The predicted octanol–water partition coefficient (Wildman–Crippen LogP) is 1.02. The lowest BCUT2D eigenvalue weighted by atomic mass is 10.0. The molecule has 1 unspecified atom stereocenters. The average Bonchev–Trinajstić information content (AvgIpc) is 2.67. The highest BCUT2D eigenvalue weighted by Gasteiger charge is 2.36. The Morgan fingerprint density at radius 3 is 2.68 bits per heavy atom. The van der Waals surface area contributed by atoms with Crippen molar-refractivity contribution in [3.63, 3.8) is 0 Å². The molecule has 2 rings (SSSR count). The van der Waals surface area contributed by atoms with Crippen LogP contribution in [0.15, 0.2) is 24.3 Å². The second kappa shape index (κ2) is 5.51. The Kier molecular flexibility index (Phi) is 4.16. The monoisotopic (exact) mass is 291 g/mol. The lowest BCUT2D eigenvalue weighted by Gasteiger charge is -2.17. The standard InChI is InChI=1S/C11H14FNO5S/c1-7-17-10(6-13-19(14,15)16)11(18-7)8-4-2-3-5-9(8)12/h2-5,7,10-11,13H,6H2,1H3,(H,14,15,16)/t7?,10-,11-/m1/s1. The van der Waals surface area contributed by atoms with Gasteiger partial charge in [0.2, 0.25) is 0 Å². The summed E-state index contributed by atoms with van der Waals surface area (Å²) in [5.41, 5.74) is 0.286. The fourth-order valence-corrected chi connectivity index (χ4v) is 2.34. The summed E-state index contributed by atoms with van der Waals surface area (Å²) in [7, 11) is -4.32. The van der Waals surface area contributed by atoms with Gasteiger partial charge < -0.3 is 9.47 Å². The van der Waals surface area contributed by atoms with Crippen molar-refractivity contribution < 1.29 is 26.8 Å². The van der Waals surface area contributed by atoms with Crippen LogP contribution < -0.4 is 4.72 Å². The van der Waals surface area contributed by atoms with Gasteiger partial charge in [0.25, 0.3) is 0 Å². The molecule has 2 N–H and O–H groups in total. The van der Waals surface area contributed by atoms with E-state index < -0.39 is 34.6 Å². The Labute approximate surface area is 110 Å². The van der Waals surface area contributed by atoms with Gasteiger partial charge in [-0.2, -0.15) is 13.1 Å². The van der Waals surface area contributed by atoms with E-state index in [1.54, 1.807) is 25.1 Å². The van der Waals surface area contributed by atoms with E-state index in [1.807, 2.05) is 4.72 Å². The number of nitrogens with one attached hydrogen (secondary N) is 1. The summed E-state index contributed by atoms with van der Waals surface area (Å²) < 4.78 is 56.3. The third-order valence-corrected chi connectivity index (χ3v) is 3.25. The first-order chi connectivity index (χ1) is 8.87. The van der Waals surface area contributed by atoms with E-state index in [0.717, 1.165) is 0 Å². The fraction of sp³-hybridized carbons (Fsp3) is 0.455. The average molecular weight is 291 g/mol. The second-order valence-corrected chi connectivity index (χ2v) is 5.38. The van der Waals surface area contributed by atoms with Crippen LogP contribution in [0, 0.1) is 5.82 Å². The van der Waals surface area contributed by atoms with Gasteiger partial charge in [-0.05, 0) is 13.0 Å². The highest BCUT2D eigenvalue weighted by molar-refractivity contribution is 7.83. The summed E-state index contributed by atoms with van der Waals surface area (Å²) in [6, 6.07) is 6.03. The van der Waals surface area contributed by atoms with Gasteiger partial charge in [-0.15, -0.1) is 0 Å².